The average molecular weight is 352 g/mol. The molecule has 1 spiro atoms. The molecule has 3 heterocycles. The molecule has 4 rings (SSSR count). The first-order valence-corrected chi connectivity index (χ1v) is 9.01. The molecule has 3 aliphatic rings. The van der Waals surface area contributed by atoms with Crippen LogP contribution in [0.25, 0.3) is 0 Å². The number of nitrogens with zero attached hydrogens (tertiary/aromatic N) is 1. The van der Waals surface area contributed by atoms with Crippen molar-refractivity contribution < 1.29 is 19.4 Å². The summed E-state index contributed by atoms with van der Waals surface area (Å²) in [7, 11) is 0. The molecule has 1 aromatic rings. The summed E-state index contributed by atoms with van der Waals surface area (Å²) < 4.78 is 6.09. The average Bonchev–Trinajstić information content (AvgIpc) is 3.24. The maximum atomic E-state index is 13.2. The van der Waals surface area contributed by atoms with E-state index >= 15 is 0 Å². The Balaban J connectivity index is 1.65. The molecule has 26 heavy (non-hydrogen) atoms. The molecule has 5 nitrogen and oxygen atoms in total. The second kappa shape index (κ2) is 6.09. The van der Waals surface area contributed by atoms with E-state index in [-0.39, 0.29) is 11.9 Å². The van der Waals surface area contributed by atoms with Crippen molar-refractivity contribution in [1.29, 1.82) is 0 Å². The van der Waals surface area contributed by atoms with Gasteiger partial charge in [0, 0.05) is 18.4 Å². The lowest BCUT2D eigenvalue weighted by atomic mass is 9.74. The van der Waals surface area contributed by atoms with E-state index in [9.17, 15) is 14.7 Å². The third kappa shape index (κ3) is 2.42. The van der Waals surface area contributed by atoms with Gasteiger partial charge in [0.2, 0.25) is 5.91 Å². The van der Waals surface area contributed by atoms with Crippen molar-refractivity contribution in [2.24, 2.45) is 11.8 Å². The molecule has 0 aliphatic carbocycles. The molecule has 0 aromatic heterocycles. The highest BCUT2D eigenvalue weighted by Gasteiger charge is 2.69. The van der Waals surface area contributed by atoms with Crippen LogP contribution in [0.1, 0.15) is 18.9 Å². The first-order valence-electron chi connectivity index (χ1n) is 9.01. The van der Waals surface area contributed by atoms with Gasteiger partial charge in [-0.3, -0.25) is 4.79 Å². The highest BCUT2D eigenvalue weighted by molar-refractivity contribution is 5.91. The van der Waals surface area contributed by atoms with Gasteiger partial charge in [-0.2, -0.15) is 0 Å². The van der Waals surface area contributed by atoms with Crippen molar-refractivity contribution in [3.63, 3.8) is 0 Å². The monoisotopic (exact) mass is 352 g/mol. The summed E-state index contributed by atoms with van der Waals surface area (Å²) in [5.74, 6) is -2.98. The number of carboxylic acids is 1. The number of hydrogen-bond donors (Lipinski definition) is 0. The van der Waals surface area contributed by atoms with E-state index in [1.54, 1.807) is 11.0 Å². The van der Waals surface area contributed by atoms with Gasteiger partial charge in [-0.25, -0.2) is 0 Å². The predicted octanol–water partition coefficient (Wildman–Crippen LogP) is 1.10. The number of carbonyl (C=O) groups is 2. The number of amides is 1. The minimum Gasteiger partial charge on any atom is -0.550 e. The van der Waals surface area contributed by atoms with Crippen LogP contribution in [0.4, 0.5) is 0 Å². The fourth-order valence-electron chi connectivity index (χ4n) is 4.75. The second-order valence-electron chi connectivity index (χ2n) is 7.56. The summed E-state index contributed by atoms with van der Waals surface area (Å²) >= 11 is 0. The molecule has 1 amide bonds. The highest BCUT2D eigenvalue weighted by atomic mass is 16.5. The summed E-state index contributed by atoms with van der Waals surface area (Å²) in [6.07, 6.45) is 4.41. The van der Waals surface area contributed by atoms with E-state index in [0.717, 1.165) is 11.1 Å². The highest BCUT2D eigenvalue weighted by Crippen LogP contribution is 2.55. The van der Waals surface area contributed by atoms with Gasteiger partial charge in [0.05, 0.1) is 18.1 Å². The van der Waals surface area contributed by atoms with Crippen molar-refractivity contribution in [3.05, 3.63) is 60.2 Å². The van der Waals surface area contributed by atoms with Crippen molar-refractivity contribution in [3.8, 4) is 0 Å². The molecule has 136 valence electrons. The lowest BCUT2D eigenvalue weighted by Gasteiger charge is -2.33. The van der Waals surface area contributed by atoms with Gasteiger partial charge < -0.3 is 19.5 Å². The lowest BCUT2D eigenvalue weighted by molar-refractivity contribution is -0.313. The molecule has 2 fully saturated rings. The summed E-state index contributed by atoms with van der Waals surface area (Å²) in [6.45, 7) is 6.45. The van der Waals surface area contributed by atoms with Gasteiger partial charge in [0.25, 0.3) is 0 Å². The third-order valence-electron chi connectivity index (χ3n) is 5.83. The van der Waals surface area contributed by atoms with Crippen LogP contribution in [0.5, 0.6) is 0 Å². The van der Waals surface area contributed by atoms with Crippen LogP contribution in [-0.4, -0.2) is 41.1 Å². The predicted molar refractivity (Wildman–Crippen MR) is 93.8 cm³/mol. The molecular weight excluding hydrogens is 330 g/mol. The maximum Gasteiger partial charge on any atom is 0.230 e. The van der Waals surface area contributed by atoms with Crippen LogP contribution in [0.3, 0.4) is 0 Å². The second-order valence-corrected chi connectivity index (χ2v) is 7.56. The van der Waals surface area contributed by atoms with E-state index in [0.29, 0.717) is 19.4 Å². The molecule has 3 aliphatic heterocycles. The molecule has 0 unspecified atom stereocenters. The Kier molecular flexibility index (Phi) is 3.99. The number of likely N-dealkylation sites (tertiary alicyclic amines) is 1. The SMILES string of the molecule is C=C(C)C[C@H]1N(CCc2ccccc2)C(=O)[C@H]2[C@@H](C(=O)[O-])[C@@H]3C=C[C@]21O3. The summed E-state index contributed by atoms with van der Waals surface area (Å²) in [5, 5.41) is 11.7. The lowest BCUT2D eigenvalue weighted by Crippen LogP contribution is -2.46. The normalized spacial score (nSPS) is 34.3. The van der Waals surface area contributed by atoms with Crippen LogP contribution in [-0.2, 0) is 20.7 Å². The number of ether oxygens (including phenoxy) is 1. The smallest absolute Gasteiger partial charge is 0.230 e. The van der Waals surface area contributed by atoms with Crippen molar-refractivity contribution >= 4 is 11.9 Å². The van der Waals surface area contributed by atoms with Gasteiger partial charge in [-0.15, -0.1) is 6.58 Å². The molecule has 0 saturated carbocycles. The Morgan fingerprint density at radius 2 is 2.08 bits per heavy atom. The Morgan fingerprint density at radius 1 is 1.35 bits per heavy atom. The number of fused-ring (bicyclic) bond motifs is 1. The molecule has 2 saturated heterocycles. The first kappa shape index (κ1) is 17.0. The topological polar surface area (TPSA) is 69.7 Å². The zero-order valence-corrected chi connectivity index (χ0v) is 14.8. The number of carboxylic acid groups (broad SMARTS) is 1. The van der Waals surface area contributed by atoms with Crippen molar-refractivity contribution in [2.45, 2.75) is 37.5 Å². The number of carbonyl (C=O) groups excluding carboxylic acids is 2. The summed E-state index contributed by atoms with van der Waals surface area (Å²) in [4.78, 5) is 26.7. The number of hydrogen-bond acceptors (Lipinski definition) is 4. The minimum atomic E-state index is -1.21. The quantitative estimate of drug-likeness (QED) is 0.719. The summed E-state index contributed by atoms with van der Waals surface area (Å²) in [5.41, 5.74) is 1.21. The zero-order valence-electron chi connectivity index (χ0n) is 14.8. The van der Waals surface area contributed by atoms with Gasteiger partial charge in [0.15, 0.2) is 0 Å². The van der Waals surface area contributed by atoms with Gasteiger partial charge >= 0.3 is 0 Å². The van der Waals surface area contributed by atoms with E-state index in [4.69, 9.17) is 4.74 Å². The molecule has 5 heteroatoms. The third-order valence-corrected chi connectivity index (χ3v) is 5.83. The van der Waals surface area contributed by atoms with E-state index in [1.165, 1.54) is 0 Å². The maximum absolute atomic E-state index is 13.2. The van der Waals surface area contributed by atoms with Crippen molar-refractivity contribution in [2.75, 3.05) is 6.54 Å². The Labute approximate surface area is 152 Å². The van der Waals surface area contributed by atoms with Gasteiger partial charge in [-0.1, -0.05) is 48.1 Å². The van der Waals surface area contributed by atoms with Crippen LogP contribution >= 0.6 is 0 Å². The molecule has 0 N–H and O–H groups in total. The number of aliphatic carboxylic acids is 1. The first-order chi connectivity index (χ1) is 12.4. The molecular formula is C21H22NO4-. The van der Waals surface area contributed by atoms with Crippen LogP contribution in [0, 0.1) is 11.8 Å². The zero-order chi connectivity index (χ0) is 18.5. The van der Waals surface area contributed by atoms with Gasteiger partial charge in [-0.05, 0) is 25.3 Å². The fourth-order valence-corrected chi connectivity index (χ4v) is 4.75. The van der Waals surface area contributed by atoms with Crippen molar-refractivity contribution in [1.82, 2.24) is 4.90 Å². The van der Waals surface area contributed by atoms with E-state index in [2.05, 4.69) is 6.58 Å². The molecule has 2 bridgehead atoms. The molecule has 5 atom stereocenters. The Morgan fingerprint density at radius 3 is 2.73 bits per heavy atom. The van der Waals surface area contributed by atoms with E-state index < -0.39 is 29.5 Å². The Hall–Kier alpha value is -2.40. The minimum absolute atomic E-state index is 0.145. The molecule has 0 radical (unpaired) electrons. The standard InChI is InChI=1S/C21H23NO4/c1-13(2)12-16-21-10-8-15(26-21)17(20(24)25)18(21)19(23)22(16)11-9-14-6-4-3-5-7-14/h3-8,10,15-18H,1,9,11-12H2,2H3,(H,24,25)/p-1/t15-,16+,17-,18+,21+/m0/s1. The fraction of sp³-hybridized carbons (Fsp3) is 0.429. The van der Waals surface area contributed by atoms with E-state index in [1.807, 2.05) is 43.3 Å². The van der Waals surface area contributed by atoms with Gasteiger partial charge in [0.1, 0.15) is 5.60 Å². The van der Waals surface area contributed by atoms with Crippen LogP contribution < -0.4 is 5.11 Å². The van der Waals surface area contributed by atoms with Crippen LogP contribution in [0.15, 0.2) is 54.6 Å². The Bertz CT molecular complexity index is 786. The largest absolute Gasteiger partial charge is 0.550 e. The number of benzene rings is 1. The number of rotatable bonds is 6. The summed E-state index contributed by atoms with van der Waals surface area (Å²) in [6, 6.07) is 9.73. The molecule has 1 aromatic carbocycles. The van der Waals surface area contributed by atoms with Crippen LogP contribution in [0.2, 0.25) is 0 Å².